The number of aromatic amines is 1. The third kappa shape index (κ3) is 1.02. The number of oxazole rings is 1. The van der Waals surface area contributed by atoms with Crippen molar-refractivity contribution in [1.29, 1.82) is 0 Å². The van der Waals surface area contributed by atoms with Gasteiger partial charge >= 0.3 is 5.76 Å². The van der Waals surface area contributed by atoms with E-state index in [0.29, 0.717) is 11.7 Å². The Labute approximate surface area is 70.1 Å². The molecule has 3 heteroatoms. The van der Waals surface area contributed by atoms with E-state index in [1.54, 1.807) is 0 Å². The number of allylic oxidation sites excluding steroid dienone is 1. The highest BCUT2D eigenvalue weighted by molar-refractivity contribution is 5.53. The van der Waals surface area contributed by atoms with Crippen LogP contribution in [0.15, 0.2) is 14.8 Å². The van der Waals surface area contributed by atoms with Gasteiger partial charge < -0.3 is 4.42 Å². The van der Waals surface area contributed by atoms with Gasteiger partial charge in [-0.2, -0.15) is 0 Å². The summed E-state index contributed by atoms with van der Waals surface area (Å²) in [4.78, 5) is 13.6. The predicted molar refractivity (Wildman–Crippen MR) is 46.0 cm³/mol. The van der Waals surface area contributed by atoms with Gasteiger partial charge in [0.05, 0.1) is 5.69 Å². The van der Waals surface area contributed by atoms with E-state index < -0.39 is 0 Å². The number of H-pyrrole nitrogens is 1. The number of hydrogen-bond acceptors (Lipinski definition) is 2. The molecule has 0 aliphatic heterocycles. The van der Waals surface area contributed by atoms with Crippen molar-refractivity contribution in [2.75, 3.05) is 0 Å². The van der Waals surface area contributed by atoms with Gasteiger partial charge in [-0.25, -0.2) is 4.79 Å². The fourth-order valence-electron chi connectivity index (χ4n) is 1.69. The molecular weight excluding hydrogens is 154 g/mol. The quantitative estimate of drug-likeness (QED) is 0.638. The third-order valence-electron chi connectivity index (χ3n) is 2.20. The topological polar surface area (TPSA) is 46.0 Å². The van der Waals surface area contributed by atoms with Crippen molar-refractivity contribution in [2.24, 2.45) is 0 Å². The number of hydrogen-bond donors (Lipinski definition) is 1. The molecule has 1 unspecified atom stereocenters. The molecular formula is C9H11NO2. The Morgan fingerprint density at radius 3 is 3.17 bits per heavy atom. The first kappa shape index (κ1) is 7.40. The van der Waals surface area contributed by atoms with Gasteiger partial charge in [-0.1, -0.05) is 12.5 Å². The summed E-state index contributed by atoms with van der Waals surface area (Å²) in [6.45, 7) is 4.13. The van der Waals surface area contributed by atoms with E-state index in [-0.39, 0.29) is 5.76 Å². The lowest BCUT2D eigenvalue weighted by molar-refractivity contribution is 0.502. The van der Waals surface area contributed by atoms with E-state index in [9.17, 15) is 4.79 Å². The first-order valence-corrected chi connectivity index (χ1v) is 4.07. The summed E-state index contributed by atoms with van der Waals surface area (Å²) in [6.07, 6.45) is 2.93. The third-order valence-corrected chi connectivity index (χ3v) is 2.20. The van der Waals surface area contributed by atoms with Crippen LogP contribution < -0.4 is 5.76 Å². The smallest absolute Gasteiger partial charge is 0.408 e. The highest BCUT2D eigenvalue weighted by Crippen LogP contribution is 2.30. The van der Waals surface area contributed by atoms with Gasteiger partial charge in [0.2, 0.25) is 0 Å². The van der Waals surface area contributed by atoms with Crippen molar-refractivity contribution >= 4 is 6.08 Å². The summed E-state index contributed by atoms with van der Waals surface area (Å²) in [5, 5.41) is 0. The van der Waals surface area contributed by atoms with Gasteiger partial charge in [-0.05, 0) is 19.4 Å². The Balaban J connectivity index is 2.61. The molecule has 1 aromatic rings. The van der Waals surface area contributed by atoms with E-state index in [4.69, 9.17) is 4.42 Å². The molecule has 2 rings (SSSR count). The molecule has 64 valence electrons. The lowest BCUT2D eigenvalue weighted by atomic mass is 9.92. The minimum absolute atomic E-state index is 0.349. The van der Waals surface area contributed by atoms with Crippen molar-refractivity contribution in [3.05, 3.63) is 27.6 Å². The fourth-order valence-corrected chi connectivity index (χ4v) is 1.69. The van der Waals surface area contributed by atoms with Crippen molar-refractivity contribution in [3.63, 3.8) is 0 Å². The maximum atomic E-state index is 10.9. The zero-order chi connectivity index (χ0) is 8.72. The molecule has 0 fully saturated rings. The minimum Gasteiger partial charge on any atom is -0.408 e. The van der Waals surface area contributed by atoms with Gasteiger partial charge in [0.1, 0.15) is 0 Å². The second-order valence-electron chi connectivity index (χ2n) is 3.39. The first-order valence-electron chi connectivity index (χ1n) is 4.07. The number of fused-ring (bicyclic) bond motifs is 1. The first-order chi connectivity index (χ1) is 5.66. The molecule has 0 spiro atoms. The molecule has 3 nitrogen and oxygen atoms in total. The van der Waals surface area contributed by atoms with E-state index in [1.807, 2.05) is 13.0 Å². The fraction of sp³-hybridized carbons (Fsp3) is 0.444. The van der Waals surface area contributed by atoms with Crippen LogP contribution in [0, 0.1) is 0 Å². The van der Waals surface area contributed by atoms with Crippen LogP contribution >= 0.6 is 0 Å². The SMILES string of the molecule is CC1=Cc2oc(=O)[nH]c2C(C)C1. The summed E-state index contributed by atoms with van der Waals surface area (Å²) in [5.41, 5.74) is 2.20. The van der Waals surface area contributed by atoms with Gasteiger partial charge in [0, 0.05) is 5.92 Å². The second kappa shape index (κ2) is 2.37. The van der Waals surface area contributed by atoms with Crippen LogP contribution in [0.1, 0.15) is 37.6 Å². The average molecular weight is 165 g/mol. The standard InChI is InChI=1S/C9H11NO2/c1-5-3-6(2)8-7(4-5)12-9(11)10-8/h4,6H,3H2,1-2H3,(H,10,11). The van der Waals surface area contributed by atoms with Crippen LogP contribution in [0.2, 0.25) is 0 Å². The monoisotopic (exact) mass is 165 g/mol. The van der Waals surface area contributed by atoms with E-state index >= 15 is 0 Å². The van der Waals surface area contributed by atoms with E-state index in [2.05, 4.69) is 11.9 Å². The molecule has 1 aliphatic rings. The Hall–Kier alpha value is -1.25. The molecule has 1 aromatic heterocycles. The normalized spacial score (nSPS) is 21.8. The molecule has 0 saturated heterocycles. The Kier molecular flexibility index (Phi) is 1.46. The largest absolute Gasteiger partial charge is 0.417 e. The van der Waals surface area contributed by atoms with Gasteiger partial charge in [-0.15, -0.1) is 0 Å². The van der Waals surface area contributed by atoms with Crippen molar-refractivity contribution in [1.82, 2.24) is 4.98 Å². The summed E-state index contributed by atoms with van der Waals surface area (Å²) in [7, 11) is 0. The zero-order valence-electron chi connectivity index (χ0n) is 7.18. The predicted octanol–water partition coefficient (Wildman–Crippen LogP) is 1.88. The second-order valence-corrected chi connectivity index (χ2v) is 3.39. The highest BCUT2D eigenvalue weighted by atomic mass is 16.4. The minimum atomic E-state index is -0.349. The molecule has 0 saturated carbocycles. The lowest BCUT2D eigenvalue weighted by Crippen LogP contribution is -2.03. The van der Waals surface area contributed by atoms with Crippen molar-refractivity contribution in [3.8, 4) is 0 Å². The molecule has 1 heterocycles. The van der Waals surface area contributed by atoms with Crippen LogP contribution in [-0.2, 0) is 0 Å². The van der Waals surface area contributed by atoms with Crippen molar-refractivity contribution < 1.29 is 4.42 Å². The lowest BCUT2D eigenvalue weighted by Gasteiger charge is -2.14. The highest BCUT2D eigenvalue weighted by Gasteiger charge is 2.19. The molecule has 12 heavy (non-hydrogen) atoms. The summed E-state index contributed by atoms with van der Waals surface area (Å²) in [5.74, 6) is 0.727. The molecule has 0 amide bonds. The molecule has 0 bridgehead atoms. The number of aromatic nitrogens is 1. The zero-order valence-corrected chi connectivity index (χ0v) is 7.18. The summed E-state index contributed by atoms with van der Waals surface area (Å²) < 4.78 is 4.96. The molecule has 1 aliphatic carbocycles. The maximum Gasteiger partial charge on any atom is 0.417 e. The molecule has 0 radical (unpaired) electrons. The Morgan fingerprint density at radius 1 is 1.67 bits per heavy atom. The molecule has 1 N–H and O–H groups in total. The van der Waals surface area contributed by atoms with E-state index in [0.717, 1.165) is 12.1 Å². The van der Waals surface area contributed by atoms with Gasteiger partial charge in [-0.3, -0.25) is 4.98 Å². The summed E-state index contributed by atoms with van der Waals surface area (Å²) >= 11 is 0. The maximum absolute atomic E-state index is 10.9. The van der Waals surface area contributed by atoms with Crippen LogP contribution in [0.3, 0.4) is 0 Å². The Morgan fingerprint density at radius 2 is 2.42 bits per heavy atom. The molecule has 0 aromatic carbocycles. The van der Waals surface area contributed by atoms with E-state index in [1.165, 1.54) is 5.57 Å². The van der Waals surface area contributed by atoms with Crippen LogP contribution in [0.25, 0.3) is 6.08 Å². The van der Waals surface area contributed by atoms with Crippen LogP contribution in [-0.4, -0.2) is 4.98 Å². The summed E-state index contributed by atoms with van der Waals surface area (Å²) in [6, 6.07) is 0. The van der Waals surface area contributed by atoms with Gasteiger partial charge in [0.15, 0.2) is 5.76 Å². The average Bonchev–Trinajstić information content (AvgIpc) is 2.29. The Bertz CT molecular complexity index is 383. The van der Waals surface area contributed by atoms with Crippen LogP contribution in [0.5, 0.6) is 0 Å². The van der Waals surface area contributed by atoms with Gasteiger partial charge in [0.25, 0.3) is 0 Å². The van der Waals surface area contributed by atoms with Crippen LogP contribution in [0.4, 0.5) is 0 Å². The molecule has 1 atom stereocenters. The van der Waals surface area contributed by atoms with Crippen molar-refractivity contribution in [2.45, 2.75) is 26.2 Å². The number of nitrogens with one attached hydrogen (secondary N) is 1. The number of rotatable bonds is 0.